The number of nitrogens with zero attached hydrogens (tertiary/aromatic N) is 1. The molecule has 0 saturated heterocycles. The minimum atomic E-state index is -0.255. The number of hydrogen-bond acceptors (Lipinski definition) is 3. The van der Waals surface area contributed by atoms with Crippen LogP contribution in [0.5, 0.6) is 0 Å². The van der Waals surface area contributed by atoms with Crippen LogP contribution in [0.25, 0.3) is 0 Å². The van der Waals surface area contributed by atoms with Crippen LogP contribution in [0.15, 0.2) is 42.0 Å². The van der Waals surface area contributed by atoms with Gasteiger partial charge in [-0.25, -0.2) is 0 Å². The zero-order chi connectivity index (χ0) is 14.7. The third-order valence-electron chi connectivity index (χ3n) is 4.57. The third-order valence-corrected chi connectivity index (χ3v) is 4.57. The average Bonchev–Trinajstić information content (AvgIpc) is 3.31. The number of carbonyl (C=O) groups is 1. The van der Waals surface area contributed by atoms with Gasteiger partial charge in [-0.1, -0.05) is 42.0 Å². The summed E-state index contributed by atoms with van der Waals surface area (Å²) in [4.78, 5) is 14.6. The number of esters is 1. The zero-order valence-electron chi connectivity index (χ0n) is 12.7. The Balaban J connectivity index is 1.61. The molecule has 0 N–H and O–H groups in total. The molecule has 21 heavy (non-hydrogen) atoms. The summed E-state index contributed by atoms with van der Waals surface area (Å²) in [5, 5.41) is 0. The molecule has 3 rings (SSSR count). The standard InChI is InChI=1S/C18H23NO2/c1-2-21-17(20)18(10-11-18)16-8-12-19(13-9-16)14-15-6-4-3-5-7-15/h3-8H,2,9-14H2,1H3. The molecule has 1 fully saturated rings. The highest BCUT2D eigenvalue weighted by Crippen LogP contribution is 2.54. The monoisotopic (exact) mass is 285 g/mol. The first-order chi connectivity index (χ1) is 10.2. The Labute approximate surface area is 126 Å². The van der Waals surface area contributed by atoms with E-state index in [0.29, 0.717) is 6.61 Å². The largest absolute Gasteiger partial charge is 0.465 e. The molecule has 1 aliphatic carbocycles. The zero-order valence-corrected chi connectivity index (χ0v) is 12.7. The van der Waals surface area contributed by atoms with Gasteiger partial charge < -0.3 is 4.74 Å². The van der Waals surface area contributed by atoms with Crippen LogP contribution in [-0.2, 0) is 16.1 Å². The predicted molar refractivity (Wildman–Crippen MR) is 82.7 cm³/mol. The summed E-state index contributed by atoms with van der Waals surface area (Å²) in [6, 6.07) is 10.6. The summed E-state index contributed by atoms with van der Waals surface area (Å²) in [6.07, 6.45) is 5.19. The lowest BCUT2D eigenvalue weighted by Crippen LogP contribution is -2.32. The van der Waals surface area contributed by atoms with Crippen molar-refractivity contribution in [3.05, 3.63) is 47.5 Å². The molecule has 1 heterocycles. The summed E-state index contributed by atoms with van der Waals surface area (Å²) < 4.78 is 5.25. The maximum atomic E-state index is 12.1. The average molecular weight is 285 g/mol. The SMILES string of the molecule is CCOC(=O)C1(C2=CCN(Cc3ccccc3)CC2)CC1. The number of carbonyl (C=O) groups excluding carboxylic acids is 1. The predicted octanol–water partition coefficient (Wildman–Crippen LogP) is 3.16. The van der Waals surface area contributed by atoms with E-state index in [2.05, 4.69) is 35.2 Å². The highest BCUT2D eigenvalue weighted by molar-refractivity contribution is 5.83. The van der Waals surface area contributed by atoms with Gasteiger partial charge in [0, 0.05) is 19.6 Å². The van der Waals surface area contributed by atoms with E-state index in [0.717, 1.165) is 38.9 Å². The van der Waals surface area contributed by atoms with Gasteiger partial charge >= 0.3 is 5.97 Å². The van der Waals surface area contributed by atoms with Gasteiger partial charge in [0.15, 0.2) is 0 Å². The molecule has 1 saturated carbocycles. The van der Waals surface area contributed by atoms with Crippen LogP contribution in [0.2, 0.25) is 0 Å². The normalized spacial score (nSPS) is 20.7. The van der Waals surface area contributed by atoms with E-state index in [-0.39, 0.29) is 11.4 Å². The van der Waals surface area contributed by atoms with Crippen LogP contribution < -0.4 is 0 Å². The number of benzene rings is 1. The fraction of sp³-hybridized carbons (Fsp3) is 0.500. The maximum Gasteiger partial charge on any atom is 0.316 e. The van der Waals surface area contributed by atoms with E-state index in [4.69, 9.17) is 4.74 Å². The molecule has 3 heteroatoms. The molecule has 2 aliphatic rings. The van der Waals surface area contributed by atoms with Crippen LogP contribution in [0.3, 0.4) is 0 Å². The molecule has 112 valence electrons. The first-order valence-electron chi connectivity index (χ1n) is 7.87. The van der Waals surface area contributed by atoms with Gasteiger partial charge in [0.25, 0.3) is 0 Å². The summed E-state index contributed by atoms with van der Waals surface area (Å²) in [6.45, 7) is 5.31. The van der Waals surface area contributed by atoms with E-state index >= 15 is 0 Å². The molecule has 0 aromatic heterocycles. The number of rotatable bonds is 5. The fourth-order valence-corrected chi connectivity index (χ4v) is 3.18. The van der Waals surface area contributed by atoms with Gasteiger partial charge in [-0.2, -0.15) is 0 Å². The molecular weight excluding hydrogens is 262 g/mol. The summed E-state index contributed by atoms with van der Waals surface area (Å²) in [7, 11) is 0. The Morgan fingerprint density at radius 1 is 1.29 bits per heavy atom. The smallest absolute Gasteiger partial charge is 0.316 e. The molecule has 0 spiro atoms. The van der Waals surface area contributed by atoms with Crippen molar-refractivity contribution >= 4 is 5.97 Å². The molecule has 0 bridgehead atoms. The van der Waals surface area contributed by atoms with Crippen molar-refractivity contribution in [2.75, 3.05) is 19.7 Å². The van der Waals surface area contributed by atoms with Crippen LogP contribution in [-0.4, -0.2) is 30.6 Å². The lowest BCUT2D eigenvalue weighted by molar-refractivity contribution is -0.148. The van der Waals surface area contributed by atoms with Gasteiger partial charge in [-0.15, -0.1) is 0 Å². The number of hydrogen-bond donors (Lipinski definition) is 0. The Morgan fingerprint density at radius 2 is 2.05 bits per heavy atom. The first kappa shape index (κ1) is 14.3. The summed E-state index contributed by atoms with van der Waals surface area (Å²) in [5.41, 5.74) is 2.40. The molecule has 0 unspecified atom stereocenters. The Hall–Kier alpha value is -1.61. The molecule has 1 aromatic carbocycles. The minimum absolute atomic E-state index is 0.00670. The van der Waals surface area contributed by atoms with Gasteiger partial charge in [-0.05, 0) is 31.7 Å². The highest BCUT2D eigenvalue weighted by atomic mass is 16.5. The molecular formula is C18H23NO2. The summed E-state index contributed by atoms with van der Waals surface area (Å²) >= 11 is 0. The molecule has 1 aromatic rings. The lowest BCUT2D eigenvalue weighted by Gasteiger charge is -2.29. The van der Waals surface area contributed by atoms with Crippen molar-refractivity contribution in [3.8, 4) is 0 Å². The fourth-order valence-electron chi connectivity index (χ4n) is 3.18. The second-order valence-electron chi connectivity index (χ2n) is 6.00. The van der Waals surface area contributed by atoms with E-state index in [1.165, 1.54) is 11.1 Å². The van der Waals surface area contributed by atoms with Crippen LogP contribution in [0, 0.1) is 5.41 Å². The first-order valence-corrected chi connectivity index (χ1v) is 7.87. The highest BCUT2D eigenvalue weighted by Gasteiger charge is 2.54. The van der Waals surface area contributed by atoms with Gasteiger partial charge in [0.2, 0.25) is 0 Å². The van der Waals surface area contributed by atoms with Crippen LogP contribution in [0.4, 0.5) is 0 Å². The molecule has 3 nitrogen and oxygen atoms in total. The van der Waals surface area contributed by atoms with Crippen molar-refractivity contribution < 1.29 is 9.53 Å². The van der Waals surface area contributed by atoms with E-state index in [9.17, 15) is 4.79 Å². The van der Waals surface area contributed by atoms with Crippen molar-refractivity contribution in [1.29, 1.82) is 0 Å². The Morgan fingerprint density at radius 3 is 2.62 bits per heavy atom. The Kier molecular flexibility index (Phi) is 4.11. The van der Waals surface area contributed by atoms with Gasteiger partial charge in [-0.3, -0.25) is 9.69 Å². The van der Waals surface area contributed by atoms with Gasteiger partial charge in [0.1, 0.15) is 0 Å². The topological polar surface area (TPSA) is 29.5 Å². The van der Waals surface area contributed by atoms with Gasteiger partial charge in [0.05, 0.1) is 12.0 Å². The van der Waals surface area contributed by atoms with E-state index in [1.54, 1.807) is 0 Å². The maximum absolute atomic E-state index is 12.1. The van der Waals surface area contributed by atoms with E-state index < -0.39 is 0 Å². The van der Waals surface area contributed by atoms with Crippen molar-refractivity contribution in [2.45, 2.75) is 32.7 Å². The second kappa shape index (κ2) is 6.02. The molecule has 1 aliphatic heterocycles. The Bertz CT molecular complexity index is 531. The van der Waals surface area contributed by atoms with Crippen LogP contribution >= 0.6 is 0 Å². The number of ether oxygens (including phenoxy) is 1. The molecule has 0 atom stereocenters. The van der Waals surface area contributed by atoms with Crippen molar-refractivity contribution in [3.63, 3.8) is 0 Å². The summed E-state index contributed by atoms with van der Waals surface area (Å²) in [5.74, 6) is -0.00670. The second-order valence-corrected chi connectivity index (χ2v) is 6.00. The quantitative estimate of drug-likeness (QED) is 0.615. The minimum Gasteiger partial charge on any atom is -0.465 e. The molecule has 0 amide bonds. The molecule has 0 radical (unpaired) electrons. The van der Waals surface area contributed by atoms with E-state index in [1.807, 2.05) is 13.0 Å². The third kappa shape index (κ3) is 3.03. The lowest BCUT2D eigenvalue weighted by atomic mass is 9.90. The van der Waals surface area contributed by atoms with Crippen molar-refractivity contribution in [2.24, 2.45) is 5.41 Å². The van der Waals surface area contributed by atoms with Crippen molar-refractivity contribution in [1.82, 2.24) is 4.90 Å². The van der Waals surface area contributed by atoms with Crippen LogP contribution in [0.1, 0.15) is 31.7 Å².